The second-order valence-electron chi connectivity index (χ2n) is 3.98. The molecule has 7 heteroatoms. The van der Waals surface area contributed by atoms with Crippen molar-refractivity contribution in [2.24, 2.45) is 0 Å². The second-order valence-corrected chi connectivity index (χ2v) is 3.98. The molecule has 0 spiro atoms. The number of rotatable bonds is 3. The van der Waals surface area contributed by atoms with Gasteiger partial charge in [-0.15, -0.1) is 5.10 Å². The molecule has 0 aromatic carbocycles. The Bertz CT molecular complexity index is 812. The number of nitrogens with zero attached hydrogens (tertiary/aromatic N) is 3. The third-order valence-corrected chi connectivity index (χ3v) is 2.69. The van der Waals surface area contributed by atoms with Gasteiger partial charge in [-0.25, -0.2) is 14.3 Å². The van der Waals surface area contributed by atoms with Gasteiger partial charge in [0.2, 0.25) is 0 Å². The molecule has 0 saturated heterocycles. The number of aromatic nitrogens is 3. The number of carboxylic acids is 1. The quantitative estimate of drug-likeness (QED) is 0.752. The van der Waals surface area contributed by atoms with Crippen LogP contribution in [0.2, 0.25) is 0 Å². The Morgan fingerprint density at radius 1 is 1.42 bits per heavy atom. The lowest BCUT2D eigenvalue weighted by Crippen LogP contribution is -2.21. The van der Waals surface area contributed by atoms with E-state index in [2.05, 4.69) is 5.10 Å². The third-order valence-electron chi connectivity index (χ3n) is 2.69. The maximum atomic E-state index is 12.0. The van der Waals surface area contributed by atoms with Gasteiger partial charge in [-0.3, -0.25) is 4.40 Å². The summed E-state index contributed by atoms with van der Waals surface area (Å²) >= 11 is 0. The number of hydrogen-bond acceptors (Lipinski definition) is 4. The summed E-state index contributed by atoms with van der Waals surface area (Å²) in [6, 6.07) is 6.60. The van der Waals surface area contributed by atoms with Gasteiger partial charge >= 0.3 is 11.7 Å². The number of aromatic carboxylic acids is 1. The fraction of sp³-hybridized carbons (Fsp3) is 0.0833. The Kier molecular flexibility index (Phi) is 2.45. The molecule has 0 radical (unpaired) electrons. The van der Waals surface area contributed by atoms with E-state index in [1.54, 1.807) is 24.4 Å². The van der Waals surface area contributed by atoms with Crippen LogP contribution in [0.1, 0.15) is 16.1 Å². The van der Waals surface area contributed by atoms with Crippen LogP contribution in [0.4, 0.5) is 0 Å². The van der Waals surface area contributed by atoms with E-state index < -0.39 is 5.97 Å². The van der Waals surface area contributed by atoms with Gasteiger partial charge < -0.3 is 9.52 Å². The monoisotopic (exact) mass is 259 g/mol. The Labute approximate surface area is 106 Å². The summed E-state index contributed by atoms with van der Waals surface area (Å²) in [4.78, 5) is 22.7. The molecule has 3 aromatic rings. The number of carboxylic acid groups (broad SMARTS) is 1. The molecule has 96 valence electrons. The summed E-state index contributed by atoms with van der Waals surface area (Å²) in [7, 11) is 0. The van der Waals surface area contributed by atoms with Crippen LogP contribution in [-0.2, 0) is 6.54 Å². The van der Waals surface area contributed by atoms with E-state index in [-0.39, 0.29) is 17.8 Å². The van der Waals surface area contributed by atoms with Gasteiger partial charge in [-0.05, 0) is 18.2 Å². The van der Waals surface area contributed by atoms with Gasteiger partial charge in [0, 0.05) is 6.20 Å². The van der Waals surface area contributed by atoms with Crippen molar-refractivity contribution < 1.29 is 14.3 Å². The predicted molar refractivity (Wildman–Crippen MR) is 64.2 cm³/mol. The topological polar surface area (TPSA) is 89.7 Å². The number of furan rings is 1. The number of fused-ring (bicyclic) bond motifs is 1. The summed E-state index contributed by atoms with van der Waals surface area (Å²) in [5.74, 6) is -0.708. The Morgan fingerprint density at radius 3 is 2.95 bits per heavy atom. The lowest BCUT2D eigenvalue weighted by molar-refractivity contribution is 0.0696. The first-order valence-electron chi connectivity index (χ1n) is 5.50. The molecule has 3 heterocycles. The highest BCUT2D eigenvalue weighted by atomic mass is 16.4. The van der Waals surface area contributed by atoms with Gasteiger partial charge in [0.15, 0.2) is 5.65 Å². The van der Waals surface area contributed by atoms with Gasteiger partial charge in [-0.1, -0.05) is 6.07 Å². The minimum absolute atomic E-state index is 0.0480. The van der Waals surface area contributed by atoms with Crippen LogP contribution in [0.3, 0.4) is 0 Å². The van der Waals surface area contributed by atoms with Crippen molar-refractivity contribution in [1.82, 2.24) is 14.2 Å². The molecule has 0 atom stereocenters. The van der Waals surface area contributed by atoms with Crippen molar-refractivity contribution in [3.63, 3.8) is 0 Å². The van der Waals surface area contributed by atoms with Crippen LogP contribution in [0, 0.1) is 0 Å². The minimum Gasteiger partial charge on any atom is -0.478 e. The van der Waals surface area contributed by atoms with Crippen molar-refractivity contribution in [1.29, 1.82) is 0 Å². The van der Waals surface area contributed by atoms with E-state index in [1.807, 2.05) is 0 Å². The molecule has 1 N–H and O–H groups in total. The average Bonchev–Trinajstić information content (AvgIpc) is 2.97. The van der Waals surface area contributed by atoms with Crippen molar-refractivity contribution in [3.05, 3.63) is 58.5 Å². The number of carbonyl (C=O) groups is 1. The highest BCUT2D eigenvalue weighted by Gasteiger charge is 2.11. The molecule has 0 aliphatic heterocycles. The second kappa shape index (κ2) is 4.13. The molecule has 3 aromatic heterocycles. The van der Waals surface area contributed by atoms with E-state index in [0.29, 0.717) is 11.4 Å². The summed E-state index contributed by atoms with van der Waals surface area (Å²) in [5.41, 5.74) is 0.271. The fourth-order valence-corrected chi connectivity index (χ4v) is 1.79. The first-order chi connectivity index (χ1) is 9.15. The van der Waals surface area contributed by atoms with Gasteiger partial charge in [0.1, 0.15) is 18.6 Å². The molecule has 0 saturated carbocycles. The van der Waals surface area contributed by atoms with Crippen LogP contribution < -0.4 is 5.69 Å². The third kappa shape index (κ3) is 1.90. The van der Waals surface area contributed by atoms with E-state index in [0.717, 1.165) is 6.26 Å². The molecule has 0 fully saturated rings. The molecule has 0 aliphatic carbocycles. The molecule has 19 heavy (non-hydrogen) atoms. The van der Waals surface area contributed by atoms with Crippen LogP contribution in [0.15, 0.2) is 45.9 Å². The summed E-state index contributed by atoms with van der Waals surface area (Å²) in [6.07, 6.45) is 2.75. The van der Waals surface area contributed by atoms with Crippen LogP contribution in [0.5, 0.6) is 0 Å². The molecule has 0 aliphatic rings. The van der Waals surface area contributed by atoms with Crippen molar-refractivity contribution >= 4 is 11.6 Å². The first-order valence-corrected chi connectivity index (χ1v) is 5.50. The highest BCUT2D eigenvalue weighted by molar-refractivity contribution is 5.87. The minimum atomic E-state index is -1.07. The van der Waals surface area contributed by atoms with Crippen LogP contribution in [0.25, 0.3) is 5.65 Å². The zero-order valence-corrected chi connectivity index (χ0v) is 9.68. The molecule has 0 bridgehead atoms. The molecule has 3 rings (SSSR count). The molecular formula is C12H9N3O4. The number of hydrogen-bond donors (Lipinski definition) is 1. The van der Waals surface area contributed by atoms with Gasteiger partial charge in [0.25, 0.3) is 0 Å². The summed E-state index contributed by atoms with van der Waals surface area (Å²) < 4.78 is 7.72. The maximum Gasteiger partial charge on any atom is 0.350 e. The number of pyridine rings is 1. The maximum absolute atomic E-state index is 12.0. The summed E-state index contributed by atoms with van der Waals surface area (Å²) in [6.45, 7) is 0.0911. The lowest BCUT2D eigenvalue weighted by Gasteiger charge is -1.93. The Balaban J connectivity index is 1.98. The molecular weight excluding hydrogens is 250 g/mol. The normalized spacial score (nSPS) is 10.9. The largest absolute Gasteiger partial charge is 0.478 e. The van der Waals surface area contributed by atoms with E-state index in [1.165, 1.54) is 15.1 Å². The Morgan fingerprint density at radius 2 is 2.26 bits per heavy atom. The highest BCUT2D eigenvalue weighted by Crippen LogP contribution is 2.08. The fourth-order valence-electron chi connectivity index (χ4n) is 1.79. The average molecular weight is 259 g/mol. The van der Waals surface area contributed by atoms with Crippen molar-refractivity contribution in [2.45, 2.75) is 6.54 Å². The zero-order chi connectivity index (χ0) is 13.4. The van der Waals surface area contributed by atoms with E-state index >= 15 is 0 Å². The standard InChI is InChI=1S/C12H9N3O4/c16-11(17)8-5-9(19-7-8)6-15-12(18)14-4-2-1-3-10(14)13-15/h1-5,7H,6H2,(H,16,17). The Hall–Kier alpha value is -2.83. The summed E-state index contributed by atoms with van der Waals surface area (Å²) in [5, 5.41) is 12.9. The smallest absolute Gasteiger partial charge is 0.350 e. The van der Waals surface area contributed by atoms with Crippen molar-refractivity contribution in [2.75, 3.05) is 0 Å². The molecule has 0 amide bonds. The molecule has 0 unspecified atom stereocenters. The van der Waals surface area contributed by atoms with Gasteiger partial charge in [-0.2, -0.15) is 0 Å². The van der Waals surface area contributed by atoms with Crippen LogP contribution >= 0.6 is 0 Å². The van der Waals surface area contributed by atoms with Gasteiger partial charge in [0.05, 0.1) is 5.56 Å². The first kappa shape index (κ1) is 11.3. The predicted octanol–water partition coefficient (Wildman–Crippen LogP) is 0.835. The van der Waals surface area contributed by atoms with E-state index in [9.17, 15) is 9.59 Å². The van der Waals surface area contributed by atoms with Crippen LogP contribution in [-0.4, -0.2) is 25.3 Å². The van der Waals surface area contributed by atoms with Crippen molar-refractivity contribution in [3.8, 4) is 0 Å². The lowest BCUT2D eigenvalue weighted by atomic mass is 10.3. The SMILES string of the molecule is O=C(O)c1coc(Cn2nc3ccccn3c2=O)c1. The molecule has 7 nitrogen and oxygen atoms in total. The zero-order valence-electron chi connectivity index (χ0n) is 9.68. The van der Waals surface area contributed by atoms with E-state index in [4.69, 9.17) is 9.52 Å².